The molecule has 0 saturated carbocycles. The second kappa shape index (κ2) is 5.47. The van der Waals surface area contributed by atoms with Crippen LogP contribution >= 0.6 is 11.3 Å². The van der Waals surface area contributed by atoms with E-state index in [2.05, 4.69) is 29.4 Å². The van der Waals surface area contributed by atoms with Crippen LogP contribution in [0.15, 0.2) is 17.7 Å². The molecule has 3 rings (SSSR count). The molecule has 0 spiro atoms. The van der Waals surface area contributed by atoms with Crippen molar-refractivity contribution in [3.63, 3.8) is 0 Å². The van der Waals surface area contributed by atoms with Gasteiger partial charge >= 0.3 is 0 Å². The summed E-state index contributed by atoms with van der Waals surface area (Å²) in [7, 11) is 1.70. The second-order valence-corrected chi connectivity index (χ2v) is 6.09. The molecule has 2 aliphatic rings. The highest BCUT2D eigenvalue weighted by Gasteiger charge is 2.28. The van der Waals surface area contributed by atoms with E-state index in [0.29, 0.717) is 6.04 Å². The molecule has 1 aromatic rings. The first-order chi connectivity index (χ1) is 9.33. The standard InChI is InChI=1S/C15H20N2OS/c1-3-9-16-12-6-4-5-11-10(12)7-8-13-14(11)17-15(18-2)19-13/h4-5,12,16H,3,6-9H2,1-2H3/t12-/m0/s1. The smallest absolute Gasteiger partial charge is 0.273 e. The predicted octanol–water partition coefficient (Wildman–Crippen LogP) is 3.18. The molecule has 3 nitrogen and oxygen atoms in total. The van der Waals surface area contributed by atoms with Gasteiger partial charge in [-0.05, 0) is 37.8 Å². The maximum Gasteiger partial charge on any atom is 0.273 e. The number of aromatic nitrogens is 1. The van der Waals surface area contributed by atoms with Gasteiger partial charge in [0.2, 0.25) is 0 Å². The van der Waals surface area contributed by atoms with E-state index in [1.54, 1.807) is 18.4 Å². The maximum atomic E-state index is 5.28. The Labute approximate surface area is 118 Å². The second-order valence-electron chi connectivity index (χ2n) is 5.04. The predicted molar refractivity (Wildman–Crippen MR) is 79.7 cm³/mol. The summed E-state index contributed by atoms with van der Waals surface area (Å²) in [6, 6.07) is 0.501. The zero-order chi connectivity index (χ0) is 13.2. The van der Waals surface area contributed by atoms with Crippen molar-refractivity contribution < 1.29 is 4.74 Å². The highest BCUT2D eigenvalue weighted by atomic mass is 32.1. The van der Waals surface area contributed by atoms with Crippen molar-refractivity contribution in [3.05, 3.63) is 28.3 Å². The number of thiazole rings is 1. The SMILES string of the molecule is CCCN[C@H]1CC=CC2=C1CCc1sc(OC)nc12. The van der Waals surface area contributed by atoms with Crippen molar-refractivity contribution in [3.8, 4) is 5.19 Å². The number of aryl methyl sites for hydroxylation is 1. The third-order valence-electron chi connectivity index (χ3n) is 3.79. The number of nitrogens with one attached hydrogen (secondary N) is 1. The van der Waals surface area contributed by atoms with Crippen molar-refractivity contribution in [2.45, 2.75) is 38.6 Å². The topological polar surface area (TPSA) is 34.1 Å². The Bertz CT molecular complexity index is 530. The van der Waals surface area contributed by atoms with Gasteiger partial charge in [-0.1, -0.05) is 30.4 Å². The minimum Gasteiger partial charge on any atom is -0.473 e. The monoisotopic (exact) mass is 276 g/mol. The van der Waals surface area contributed by atoms with Crippen LogP contribution in [0, 0.1) is 0 Å². The molecule has 19 heavy (non-hydrogen) atoms. The Kier molecular flexibility index (Phi) is 3.71. The Morgan fingerprint density at radius 3 is 3.16 bits per heavy atom. The van der Waals surface area contributed by atoms with Crippen molar-refractivity contribution in [1.82, 2.24) is 10.3 Å². The van der Waals surface area contributed by atoms with Gasteiger partial charge in [-0.15, -0.1) is 0 Å². The van der Waals surface area contributed by atoms with Crippen molar-refractivity contribution in [2.24, 2.45) is 0 Å². The average molecular weight is 276 g/mol. The molecule has 0 aliphatic heterocycles. The molecule has 0 bridgehead atoms. The first-order valence-corrected chi connectivity index (χ1v) is 7.82. The van der Waals surface area contributed by atoms with E-state index < -0.39 is 0 Å². The van der Waals surface area contributed by atoms with Crippen LogP contribution < -0.4 is 10.1 Å². The Hall–Kier alpha value is -1.13. The molecule has 1 aromatic heterocycles. The first kappa shape index (κ1) is 12.9. The molecule has 4 heteroatoms. The molecule has 102 valence electrons. The molecule has 0 saturated heterocycles. The number of ether oxygens (including phenoxy) is 1. The number of methoxy groups -OCH3 is 1. The highest BCUT2D eigenvalue weighted by molar-refractivity contribution is 7.13. The zero-order valence-corrected chi connectivity index (χ0v) is 12.3. The minimum absolute atomic E-state index is 0.501. The normalized spacial score (nSPS) is 21.3. The van der Waals surface area contributed by atoms with Crippen molar-refractivity contribution >= 4 is 16.9 Å². The quantitative estimate of drug-likeness (QED) is 0.917. The van der Waals surface area contributed by atoms with Gasteiger partial charge in [0.25, 0.3) is 5.19 Å². The highest BCUT2D eigenvalue weighted by Crippen LogP contribution is 2.40. The van der Waals surface area contributed by atoms with Gasteiger partial charge < -0.3 is 10.1 Å². The lowest BCUT2D eigenvalue weighted by Gasteiger charge is -2.28. The molecule has 1 heterocycles. The fourth-order valence-electron chi connectivity index (χ4n) is 2.87. The van der Waals surface area contributed by atoms with E-state index in [1.165, 1.54) is 22.4 Å². The number of fused-ring (bicyclic) bond motifs is 2. The third kappa shape index (κ3) is 2.35. The summed E-state index contributed by atoms with van der Waals surface area (Å²) in [5.74, 6) is 0. The fourth-order valence-corrected chi connectivity index (χ4v) is 3.76. The van der Waals surface area contributed by atoms with Crippen LogP contribution in [0.1, 0.15) is 36.8 Å². The number of allylic oxidation sites excluding steroid dienone is 2. The van der Waals surface area contributed by atoms with Crippen LogP contribution in [0.3, 0.4) is 0 Å². The van der Waals surface area contributed by atoms with E-state index in [-0.39, 0.29) is 0 Å². The van der Waals surface area contributed by atoms with E-state index in [4.69, 9.17) is 4.74 Å². The molecule has 2 aliphatic carbocycles. The van der Waals surface area contributed by atoms with Crippen LogP contribution in [-0.2, 0) is 6.42 Å². The van der Waals surface area contributed by atoms with Gasteiger partial charge in [-0.25, -0.2) is 4.98 Å². The summed E-state index contributed by atoms with van der Waals surface area (Å²) < 4.78 is 5.28. The zero-order valence-electron chi connectivity index (χ0n) is 11.5. The summed E-state index contributed by atoms with van der Waals surface area (Å²) in [6.45, 7) is 3.30. The van der Waals surface area contributed by atoms with Gasteiger partial charge in [-0.3, -0.25) is 0 Å². The molecule has 1 atom stereocenters. The largest absolute Gasteiger partial charge is 0.473 e. The van der Waals surface area contributed by atoms with Crippen LogP contribution in [-0.4, -0.2) is 24.7 Å². The number of rotatable bonds is 4. The Morgan fingerprint density at radius 1 is 1.47 bits per heavy atom. The van der Waals surface area contributed by atoms with E-state index in [1.807, 2.05) is 0 Å². The number of hydrogen-bond donors (Lipinski definition) is 1. The third-order valence-corrected chi connectivity index (χ3v) is 4.87. The van der Waals surface area contributed by atoms with Gasteiger partial charge in [0.05, 0.1) is 12.8 Å². The van der Waals surface area contributed by atoms with Gasteiger partial charge in [0.15, 0.2) is 0 Å². The summed E-state index contributed by atoms with van der Waals surface area (Å²) >= 11 is 1.69. The Balaban J connectivity index is 1.94. The van der Waals surface area contributed by atoms with Gasteiger partial charge in [-0.2, -0.15) is 0 Å². The van der Waals surface area contributed by atoms with Gasteiger partial charge in [0, 0.05) is 16.5 Å². The lowest BCUT2D eigenvalue weighted by molar-refractivity contribution is 0.411. The fraction of sp³-hybridized carbons (Fsp3) is 0.533. The molecular weight excluding hydrogens is 256 g/mol. The summed E-state index contributed by atoms with van der Waals surface area (Å²) in [6.07, 6.45) is 9.06. The van der Waals surface area contributed by atoms with Crippen LogP contribution in [0.4, 0.5) is 0 Å². The molecule has 0 aromatic carbocycles. The van der Waals surface area contributed by atoms with Gasteiger partial charge in [0.1, 0.15) is 0 Å². The summed E-state index contributed by atoms with van der Waals surface area (Å²) in [5.41, 5.74) is 4.03. The number of nitrogens with zero attached hydrogens (tertiary/aromatic N) is 1. The first-order valence-electron chi connectivity index (χ1n) is 7.00. The molecular formula is C15H20N2OS. The minimum atomic E-state index is 0.501. The van der Waals surface area contributed by atoms with E-state index in [0.717, 1.165) is 36.7 Å². The average Bonchev–Trinajstić information content (AvgIpc) is 2.88. The van der Waals surface area contributed by atoms with E-state index >= 15 is 0 Å². The molecule has 0 amide bonds. The lowest BCUT2D eigenvalue weighted by atomic mass is 9.84. The summed E-state index contributed by atoms with van der Waals surface area (Å²) in [5, 5.41) is 4.45. The van der Waals surface area contributed by atoms with Crippen LogP contribution in [0.5, 0.6) is 5.19 Å². The van der Waals surface area contributed by atoms with Crippen LogP contribution in [0.2, 0.25) is 0 Å². The molecule has 0 unspecified atom stereocenters. The number of hydrogen-bond acceptors (Lipinski definition) is 4. The lowest BCUT2D eigenvalue weighted by Crippen LogP contribution is -2.34. The van der Waals surface area contributed by atoms with Crippen molar-refractivity contribution in [2.75, 3.05) is 13.7 Å². The maximum absolute atomic E-state index is 5.28. The van der Waals surface area contributed by atoms with E-state index in [9.17, 15) is 0 Å². The Morgan fingerprint density at radius 2 is 2.37 bits per heavy atom. The van der Waals surface area contributed by atoms with Crippen molar-refractivity contribution in [1.29, 1.82) is 0 Å². The molecule has 0 radical (unpaired) electrons. The van der Waals surface area contributed by atoms with Crippen LogP contribution in [0.25, 0.3) is 5.57 Å². The molecule has 0 fully saturated rings. The summed E-state index contributed by atoms with van der Waals surface area (Å²) in [4.78, 5) is 6.00. The molecule has 1 N–H and O–H groups in total.